The molecule has 303 valence electrons. The van der Waals surface area contributed by atoms with Crippen molar-refractivity contribution < 1.29 is 20.1 Å². The molecule has 62 heavy (non-hydrogen) atoms. The summed E-state index contributed by atoms with van der Waals surface area (Å²) in [4.78, 5) is 11.4. The largest absolute Gasteiger partial charge is 0.311 e. The summed E-state index contributed by atoms with van der Waals surface area (Å²) in [5.74, 6) is 0. The first-order valence-electron chi connectivity index (χ1n) is 20.9. The minimum Gasteiger partial charge on any atom is -0.311 e. The van der Waals surface area contributed by atoms with Crippen molar-refractivity contribution in [3.05, 3.63) is 228 Å². The number of hydrogen-bond donors (Lipinski definition) is 0. The minimum absolute atomic E-state index is 0. The Hall–Kier alpha value is -6.65. The molecule has 3 heterocycles. The second-order valence-electron chi connectivity index (χ2n) is 15.9. The zero-order valence-corrected chi connectivity index (χ0v) is 38.0. The summed E-state index contributed by atoms with van der Waals surface area (Å²) >= 11 is 0. The number of nitrogens with zero attached hydrogens (tertiary/aromatic N) is 3. The van der Waals surface area contributed by atoms with Gasteiger partial charge in [0.25, 0.3) is 0 Å². The number of hydrogen-bond acceptors (Lipinski definition) is 3. The average Bonchev–Trinajstić information content (AvgIpc) is 3.30. The fourth-order valence-corrected chi connectivity index (χ4v) is 8.74. The van der Waals surface area contributed by atoms with E-state index >= 15 is 0 Å². The van der Waals surface area contributed by atoms with E-state index in [-0.39, 0.29) is 26.8 Å². The Kier molecular flexibility index (Phi) is 12.6. The van der Waals surface area contributed by atoms with Gasteiger partial charge in [-0.1, -0.05) is 126 Å². The van der Waals surface area contributed by atoms with Crippen LogP contribution in [0.25, 0.3) is 44.8 Å². The first-order chi connectivity index (χ1) is 29.8. The average molecular weight is 976 g/mol. The summed E-state index contributed by atoms with van der Waals surface area (Å²) in [6.45, 7) is 11.1. The third-order valence-corrected chi connectivity index (χ3v) is 11.8. The smallest absolute Gasteiger partial charge is 0.247 e. The van der Waals surface area contributed by atoms with Crippen molar-refractivity contribution >= 4 is 40.2 Å². The third kappa shape index (κ3) is 8.48. The van der Waals surface area contributed by atoms with Crippen LogP contribution in [-0.4, -0.2) is 16.7 Å². The van der Waals surface area contributed by atoms with E-state index in [2.05, 4.69) is 182 Å². The molecule has 5 heteroatoms. The maximum Gasteiger partial charge on any atom is 0.247 e. The van der Waals surface area contributed by atoms with E-state index in [0.717, 1.165) is 28.1 Å². The van der Waals surface area contributed by atoms with E-state index in [4.69, 9.17) is 0 Å². The molecule has 0 aliphatic carbocycles. The first kappa shape index (κ1) is 42.1. The summed E-state index contributed by atoms with van der Waals surface area (Å²) in [6.07, 6.45) is 3.76. The van der Waals surface area contributed by atoms with Gasteiger partial charge in [-0.3, -0.25) is 0 Å². The molecule has 2 aromatic heterocycles. The number of para-hydroxylation sites is 2. The van der Waals surface area contributed by atoms with Crippen molar-refractivity contribution in [3.8, 4) is 44.8 Å². The van der Waals surface area contributed by atoms with Crippen molar-refractivity contribution in [3.63, 3.8) is 0 Å². The van der Waals surface area contributed by atoms with Gasteiger partial charge in [-0.05, 0) is 114 Å². The standard InChI is InChI=1S/C45H36BN2.C12H10N.Ir/c1-30-12-10-13-31(2)44(30)46-39-18-8-9-19-42(39)48(45-32(3)14-11-15-33(45)4)43-25-24-37(28-40(43)46)34-20-22-35(23-21-34)38-26-27-47-41(29-38)36-16-6-5-7-17-36;1-10-7-8-12(13-9-10)11-5-3-2-4-6-11;/h5-16,18-29H,1-4H3;2-5,7-9H,1H3;/q2*-1;. The molecule has 1 aliphatic rings. The van der Waals surface area contributed by atoms with Crippen LogP contribution in [-0.2, 0) is 20.1 Å². The van der Waals surface area contributed by atoms with Gasteiger partial charge in [-0.2, -0.15) is 0 Å². The first-order valence-corrected chi connectivity index (χ1v) is 20.9. The molecule has 0 bridgehead atoms. The normalized spacial score (nSPS) is 11.4. The molecular weight excluding hydrogens is 930 g/mol. The Balaban J connectivity index is 0.000000323. The summed E-state index contributed by atoms with van der Waals surface area (Å²) in [5, 5.41) is 0. The quantitative estimate of drug-likeness (QED) is 0.123. The summed E-state index contributed by atoms with van der Waals surface area (Å²) in [6, 6.07) is 68.9. The molecule has 1 radical (unpaired) electrons. The molecule has 7 aromatic carbocycles. The van der Waals surface area contributed by atoms with Gasteiger partial charge in [0.1, 0.15) is 0 Å². The van der Waals surface area contributed by atoms with Crippen LogP contribution in [0.15, 0.2) is 188 Å². The molecule has 0 spiro atoms. The van der Waals surface area contributed by atoms with E-state index in [9.17, 15) is 0 Å². The number of aromatic nitrogens is 2. The molecular formula is C57H46BIrN3-2. The number of rotatable bonds is 6. The van der Waals surface area contributed by atoms with Crippen molar-refractivity contribution in [1.82, 2.24) is 9.97 Å². The van der Waals surface area contributed by atoms with E-state index < -0.39 is 0 Å². The predicted molar refractivity (Wildman–Crippen MR) is 257 cm³/mol. The number of aryl methyl sites for hydroxylation is 5. The number of fused-ring (bicyclic) bond motifs is 2. The molecule has 0 saturated heterocycles. The Labute approximate surface area is 380 Å². The van der Waals surface area contributed by atoms with Gasteiger partial charge >= 0.3 is 0 Å². The van der Waals surface area contributed by atoms with Crippen LogP contribution >= 0.6 is 0 Å². The maximum absolute atomic E-state index is 4.61. The topological polar surface area (TPSA) is 29.0 Å². The Morgan fingerprint density at radius 1 is 0.452 bits per heavy atom. The molecule has 0 unspecified atom stereocenters. The molecule has 1 aliphatic heterocycles. The Bertz CT molecular complexity index is 2930. The summed E-state index contributed by atoms with van der Waals surface area (Å²) in [5.41, 5.74) is 22.8. The van der Waals surface area contributed by atoms with Crippen LogP contribution < -0.4 is 21.3 Å². The van der Waals surface area contributed by atoms with Crippen LogP contribution in [0.5, 0.6) is 0 Å². The van der Waals surface area contributed by atoms with Gasteiger partial charge < -0.3 is 14.9 Å². The molecule has 0 fully saturated rings. The van der Waals surface area contributed by atoms with E-state index in [1.807, 2.05) is 67.8 Å². The van der Waals surface area contributed by atoms with Gasteiger partial charge in [-0.15, -0.1) is 71.8 Å². The van der Waals surface area contributed by atoms with Crippen LogP contribution in [0.4, 0.5) is 17.1 Å². The van der Waals surface area contributed by atoms with Gasteiger partial charge in [-0.25, -0.2) is 0 Å². The van der Waals surface area contributed by atoms with Gasteiger partial charge in [0.2, 0.25) is 6.71 Å². The summed E-state index contributed by atoms with van der Waals surface area (Å²) < 4.78 is 0. The molecule has 10 rings (SSSR count). The van der Waals surface area contributed by atoms with Crippen LogP contribution in [0.2, 0.25) is 0 Å². The second kappa shape index (κ2) is 18.5. The van der Waals surface area contributed by atoms with Gasteiger partial charge in [0.15, 0.2) is 0 Å². The van der Waals surface area contributed by atoms with Crippen molar-refractivity contribution in [2.45, 2.75) is 34.6 Å². The van der Waals surface area contributed by atoms with Crippen molar-refractivity contribution in [2.24, 2.45) is 0 Å². The van der Waals surface area contributed by atoms with E-state index in [0.29, 0.717) is 0 Å². The van der Waals surface area contributed by atoms with Gasteiger partial charge in [0.05, 0.1) is 5.69 Å². The predicted octanol–water partition coefficient (Wildman–Crippen LogP) is 12.3. The zero-order valence-electron chi connectivity index (χ0n) is 35.7. The molecule has 0 amide bonds. The SMILES string of the molecule is Cc1ccc(-c2[c-]cccc2)nc1.Cc1cccc(C)c1B1c2ccccc2N(c2c(C)cccc2C)c2ccc(-c3ccc(-c4ccnc(-c5[c-]cccc5)c4)cc3)cc21.[Ir]. The molecule has 3 nitrogen and oxygen atoms in total. The minimum atomic E-state index is 0. The number of pyridine rings is 2. The van der Waals surface area contributed by atoms with Crippen molar-refractivity contribution in [1.29, 1.82) is 0 Å². The molecule has 0 N–H and O–H groups in total. The maximum atomic E-state index is 4.61. The Morgan fingerprint density at radius 3 is 1.63 bits per heavy atom. The molecule has 9 aromatic rings. The van der Waals surface area contributed by atoms with Crippen LogP contribution in [0, 0.1) is 46.8 Å². The third-order valence-electron chi connectivity index (χ3n) is 11.8. The van der Waals surface area contributed by atoms with Crippen LogP contribution in [0.3, 0.4) is 0 Å². The number of benzene rings is 7. The van der Waals surface area contributed by atoms with Crippen LogP contribution in [0.1, 0.15) is 27.8 Å². The van der Waals surface area contributed by atoms with Gasteiger partial charge in [0, 0.05) is 43.9 Å². The van der Waals surface area contributed by atoms with Crippen molar-refractivity contribution in [2.75, 3.05) is 4.90 Å². The molecule has 0 atom stereocenters. The van der Waals surface area contributed by atoms with E-state index in [1.54, 1.807) is 0 Å². The monoisotopic (exact) mass is 976 g/mol. The Morgan fingerprint density at radius 2 is 1.02 bits per heavy atom. The zero-order chi connectivity index (χ0) is 41.9. The van der Waals surface area contributed by atoms with E-state index in [1.165, 1.54) is 78.0 Å². The number of anilines is 3. The second-order valence-corrected chi connectivity index (χ2v) is 15.9. The molecule has 0 saturated carbocycles. The summed E-state index contributed by atoms with van der Waals surface area (Å²) in [7, 11) is 0. The fraction of sp³-hybridized carbons (Fsp3) is 0.0877. The fourth-order valence-electron chi connectivity index (χ4n) is 8.74.